The second-order valence-corrected chi connectivity index (χ2v) is 5.93. The van der Waals surface area contributed by atoms with Crippen LogP contribution in [-0.2, 0) is 4.79 Å². The summed E-state index contributed by atoms with van der Waals surface area (Å²) in [6, 6.07) is 11.6. The van der Waals surface area contributed by atoms with Gasteiger partial charge < -0.3 is 14.2 Å². The molecule has 7 heteroatoms. The fourth-order valence-electron chi connectivity index (χ4n) is 2.32. The first-order chi connectivity index (χ1) is 13.6. The summed E-state index contributed by atoms with van der Waals surface area (Å²) in [4.78, 5) is 23.8. The standard InChI is InChI=1S/C21H24N2O5/c1-4-5-6-20(24)23-22-14-15-7-10-17(11-8-15)28-21(25)16-9-12-18(26-2)19(13-16)27-3/h7-14H,4-6H2,1-3H3,(H,23,24). The molecule has 148 valence electrons. The molecule has 0 spiro atoms. The zero-order chi connectivity index (χ0) is 20.4. The fourth-order valence-corrected chi connectivity index (χ4v) is 2.32. The number of methoxy groups -OCH3 is 2. The summed E-state index contributed by atoms with van der Waals surface area (Å²) in [6.45, 7) is 2.02. The Balaban J connectivity index is 1.95. The molecular weight excluding hydrogens is 360 g/mol. The number of carbonyl (C=O) groups excluding carboxylic acids is 2. The molecule has 0 heterocycles. The number of ether oxygens (including phenoxy) is 3. The summed E-state index contributed by atoms with van der Waals surface area (Å²) in [5.74, 6) is 0.752. The number of nitrogens with one attached hydrogen (secondary N) is 1. The van der Waals surface area contributed by atoms with Crippen molar-refractivity contribution in [2.75, 3.05) is 14.2 Å². The number of hydrogen-bond acceptors (Lipinski definition) is 6. The highest BCUT2D eigenvalue weighted by Crippen LogP contribution is 2.28. The SMILES string of the molecule is CCCCC(=O)NN=Cc1ccc(OC(=O)c2ccc(OC)c(OC)c2)cc1. The van der Waals surface area contributed by atoms with Crippen molar-refractivity contribution in [3.63, 3.8) is 0 Å². The molecule has 0 aliphatic heterocycles. The van der Waals surface area contributed by atoms with Crippen LogP contribution in [-0.4, -0.2) is 32.3 Å². The average molecular weight is 384 g/mol. The van der Waals surface area contributed by atoms with Gasteiger partial charge in [-0.05, 0) is 54.4 Å². The minimum absolute atomic E-state index is 0.112. The maximum Gasteiger partial charge on any atom is 0.343 e. The summed E-state index contributed by atoms with van der Waals surface area (Å²) in [6.07, 6.45) is 3.78. The molecule has 2 aromatic rings. The van der Waals surface area contributed by atoms with Gasteiger partial charge in [-0.2, -0.15) is 5.10 Å². The zero-order valence-electron chi connectivity index (χ0n) is 16.2. The third-order valence-corrected chi connectivity index (χ3v) is 3.87. The van der Waals surface area contributed by atoms with Gasteiger partial charge in [0, 0.05) is 6.42 Å². The van der Waals surface area contributed by atoms with Crippen LogP contribution < -0.4 is 19.6 Å². The number of hydrazone groups is 1. The molecule has 2 rings (SSSR count). The maximum absolute atomic E-state index is 12.3. The van der Waals surface area contributed by atoms with Gasteiger partial charge >= 0.3 is 5.97 Å². The van der Waals surface area contributed by atoms with Crippen LogP contribution in [0.15, 0.2) is 47.6 Å². The molecule has 1 amide bonds. The van der Waals surface area contributed by atoms with Crippen LogP contribution >= 0.6 is 0 Å². The largest absolute Gasteiger partial charge is 0.493 e. The van der Waals surface area contributed by atoms with Gasteiger partial charge in [0.2, 0.25) is 5.91 Å². The lowest BCUT2D eigenvalue weighted by Crippen LogP contribution is -2.16. The van der Waals surface area contributed by atoms with Gasteiger partial charge in [0.15, 0.2) is 11.5 Å². The van der Waals surface area contributed by atoms with Crippen LogP contribution in [0.2, 0.25) is 0 Å². The van der Waals surface area contributed by atoms with E-state index in [0.717, 1.165) is 18.4 Å². The number of amides is 1. The average Bonchev–Trinajstić information content (AvgIpc) is 2.72. The number of rotatable bonds is 9. The van der Waals surface area contributed by atoms with Crippen molar-refractivity contribution in [3.8, 4) is 17.2 Å². The van der Waals surface area contributed by atoms with E-state index in [2.05, 4.69) is 10.5 Å². The van der Waals surface area contributed by atoms with Crippen molar-refractivity contribution in [1.82, 2.24) is 5.43 Å². The topological polar surface area (TPSA) is 86.2 Å². The van der Waals surface area contributed by atoms with Gasteiger partial charge in [0.1, 0.15) is 5.75 Å². The molecule has 0 saturated heterocycles. The highest BCUT2D eigenvalue weighted by Gasteiger charge is 2.12. The van der Waals surface area contributed by atoms with Gasteiger partial charge in [0.25, 0.3) is 0 Å². The van der Waals surface area contributed by atoms with Crippen molar-refractivity contribution in [2.45, 2.75) is 26.2 Å². The van der Waals surface area contributed by atoms with E-state index in [1.165, 1.54) is 20.4 Å². The van der Waals surface area contributed by atoms with E-state index in [0.29, 0.717) is 29.2 Å². The van der Waals surface area contributed by atoms with E-state index >= 15 is 0 Å². The van der Waals surface area contributed by atoms with Gasteiger partial charge in [-0.1, -0.05) is 13.3 Å². The number of carbonyl (C=O) groups is 2. The molecule has 0 bridgehead atoms. The van der Waals surface area contributed by atoms with Gasteiger partial charge in [0.05, 0.1) is 26.0 Å². The third-order valence-electron chi connectivity index (χ3n) is 3.87. The Morgan fingerprint density at radius 1 is 1.04 bits per heavy atom. The number of hydrogen-bond donors (Lipinski definition) is 1. The molecule has 2 aromatic carbocycles. The van der Waals surface area contributed by atoms with Crippen molar-refractivity contribution in [3.05, 3.63) is 53.6 Å². The van der Waals surface area contributed by atoms with E-state index in [1.54, 1.807) is 42.5 Å². The van der Waals surface area contributed by atoms with Crippen LogP contribution in [0, 0.1) is 0 Å². The summed E-state index contributed by atoms with van der Waals surface area (Å²) in [5.41, 5.74) is 3.59. The molecular formula is C21H24N2O5. The van der Waals surface area contributed by atoms with Crippen LogP contribution in [0.4, 0.5) is 0 Å². The first kappa shape index (κ1) is 21.0. The summed E-state index contributed by atoms with van der Waals surface area (Å²) in [7, 11) is 3.02. The van der Waals surface area contributed by atoms with E-state index in [1.807, 2.05) is 6.92 Å². The van der Waals surface area contributed by atoms with Crippen LogP contribution in [0.25, 0.3) is 0 Å². The third kappa shape index (κ3) is 6.12. The van der Waals surface area contributed by atoms with Crippen molar-refractivity contribution in [1.29, 1.82) is 0 Å². The van der Waals surface area contributed by atoms with Gasteiger partial charge in [-0.15, -0.1) is 0 Å². The Morgan fingerprint density at radius 3 is 2.39 bits per heavy atom. The predicted octanol–water partition coefficient (Wildman–Crippen LogP) is 3.56. The summed E-state index contributed by atoms with van der Waals surface area (Å²) in [5, 5.41) is 3.91. The Morgan fingerprint density at radius 2 is 1.75 bits per heavy atom. The quantitative estimate of drug-likeness (QED) is 0.309. The van der Waals surface area contributed by atoms with E-state index in [9.17, 15) is 9.59 Å². The second kappa shape index (κ2) is 10.7. The minimum Gasteiger partial charge on any atom is -0.493 e. The molecule has 0 fully saturated rings. The number of unbranched alkanes of at least 4 members (excludes halogenated alkanes) is 1. The highest BCUT2D eigenvalue weighted by atomic mass is 16.5. The zero-order valence-corrected chi connectivity index (χ0v) is 16.2. The molecule has 0 aliphatic carbocycles. The molecule has 0 atom stereocenters. The Labute approximate surface area is 164 Å². The molecule has 0 saturated carbocycles. The normalized spacial score (nSPS) is 10.5. The lowest BCUT2D eigenvalue weighted by molar-refractivity contribution is -0.121. The molecule has 0 radical (unpaired) electrons. The van der Waals surface area contributed by atoms with Crippen LogP contribution in [0.3, 0.4) is 0 Å². The monoisotopic (exact) mass is 384 g/mol. The predicted molar refractivity (Wildman–Crippen MR) is 106 cm³/mol. The molecule has 0 unspecified atom stereocenters. The summed E-state index contributed by atoms with van der Waals surface area (Å²) < 4.78 is 15.7. The van der Waals surface area contributed by atoms with Gasteiger partial charge in [-0.25, -0.2) is 10.2 Å². The van der Waals surface area contributed by atoms with E-state index < -0.39 is 5.97 Å². The van der Waals surface area contributed by atoms with Gasteiger partial charge in [-0.3, -0.25) is 4.79 Å². The van der Waals surface area contributed by atoms with E-state index in [4.69, 9.17) is 14.2 Å². The number of esters is 1. The molecule has 28 heavy (non-hydrogen) atoms. The fraction of sp³-hybridized carbons (Fsp3) is 0.286. The first-order valence-corrected chi connectivity index (χ1v) is 8.93. The van der Waals surface area contributed by atoms with Crippen molar-refractivity contribution < 1.29 is 23.8 Å². The van der Waals surface area contributed by atoms with Crippen molar-refractivity contribution >= 4 is 18.1 Å². The summed E-state index contributed by atoms with van der Waals surface area (Å²) >= 11 is 0. The van der Waals surface area contributed by atoms with Crippen LogP contribution in [0.1, 0.15) is 42.1 Å². The highest BCUT2D eigenvalue weighted by molar-refractivity contribution is 5.92. The lowest BCUT2D eigenvalue weighted by atomic mass is 10.2. The number of nitrogens with zero attached hydrogens (tertiary/aromatic N) is 1. The Bertz CT molecular complexity index is 831. The minimum atomic E-state index is -0.509. The maximum atomic E-state index is 12.3. The molecule has 0 aromatic heterocycles. The molecule has 1 N–H and O–H groups in total. The smallest absolute Gasteiger partial charge is 0.343 e. The molecule has 0 aliphatic rings. The van der Waals surface area contributed by atoms with E-state index in [-0.39, 0.29) is 5.91 Å². The Hall–Kier alpha value is -3.35. The molecule has 7 nitrogen and oxygen atoms in total. The lowest BCUT2D eigenvalue weighted by Gasteiger charge is -2.09. The Kier molecular flexibility index (Phi) is 8.02. The second-order valence-electron chi connectivity index (χ2n) is 5.93. The number of benzene rings is 2. The van der Waals surface area contributed by atoms with Crippen molar-refractivity contribution in [2.24, 2.45) is 5.10 Å². The first-order valence-electron chi connectivity index (χ1n) is 8.93. The van der Waals surface area contributed by atoms with Crippen LogP contribution in [0.5, 0.6) is 17.2 Å².